The van der Waals surface area contributed by atoms with Crippen molar-refractivity contribution in [3.8, 4) is 0 Å². The van der Waals surface area contributed by atoms with Crippen molar-refractivity contribution in [3.63, 3.8) is 0 Å². The number of nitrogens with one attached hydrogen (secondary N) is 2. The Balaban J connectivity index is 1.89. The molecule has 4 nitrogen and oxygen atoms in total. The van der Waals surface area contributed by atoms with Crippen molar-refractivity contribution in [1.29, 1.82) is 0 Å². The van der Waals surface area contributed by atoms with Crippen LogP contribution in [0.3, 0.4) is 0 Å². The summed E-state index contributed by atoms with van der Waals surface area (Å²) in [6, 6.07) is 0. The van der Waals surface area contributed by atoms with Crippen LogP contribution < -0.4 is 5.32 Å². The first-order valence-corrected chi connectivity index (χ1v) is 6.03. The quantitative estimate of drug-likeness (QED) is 0.818. The van der Waals surface area contributed by atoms with Gasteiger partial charge in [0.25, 0.3) is 5.91 Å². The van der Waals surface area contributed by atoms with Crippen molar-refractivity contribution in [1.82, 2.24) is 15.5 Å². The second kappa shape index (κ2) is 4.68. The second-order valence-electron chi connectivity index (χ2n) is 4.73. The lowest BCUT2D eigenvalue weighted by Crippen LogP contribution is -2.35. The molecule has 0 saturated heterocycles. The number of aromatic amines is 1. The van der Waals surface area contributed by atoms with Gasteiger partial charge >= 0.3 is 0 Å². The molecule has 0 spiro atoms. The van der Waals surface area contributed by atoms with Gasteiger partial charge in [0, 0.05) is 12.7 Å². The minimum atomic E-state index is -0.0199. The van der Waals surface area contributed by atoms with Gasteiger partial charge in [-0.1, -0.05) is 19.8 Å². The third-order valence-corrected chi connectivity index (χ3v) is 3.80. The Bertz CT molecular complexity index is 339. The molecule has 1 aromatic heterocycles. The fourth-order valence-corrected chi connectivity index (χ4v) is 2.53. The van der Waals surface area contributed by atoms with Gasteiger partial charge in [0.2, 0.25) is 0 Å². The van der Waals surface area contributed by atoms with Gasteiger partial charge in [-0.05, 0) is 24.7 Å². The fourth-order valence-electron chi connectivity index (χ4n) is 2.53. The van der Waals surface area contributed by atoms with Crippen LogP contribution in [0.15, 0.2) is 12.4 Å². The molecule has 0 aliphatic heterocycles. The highest BCUT2D eigenvalue weighted by Gasteiger charge is 2.32. The van der Waals surface area contributed by atoms with Crippen molar-refractivity contribution >= 4 is 5.91 Å². The zero-order valence-corrected chi connectivity index (χ0v) is 9.75. The van der Waals surface area contributed by atoms with Gasteiger partial charge < -0.3 is 5.32 Å². The van der Waals surface area contributed by atoms with Crippen LogP contribution in [0, 0.1) is 5.41 Å². The molecule has 0 radical (unpaired) electrons. The van der Waals surface area contributed by atoms with E-state index in [1.54, 1.807) is 12.4 Å². The largest absolute Gasteiger partial charge is 0.351 e. The van der Waals surface area contributed by atoms with E-state index in [-0.39, 0.29) is 5.91 Å². The lowest BCUT2D eigenvalue weighted by Gasteiger charge is -2.27. The molecular formula is C12H19N3O. The molecular weight excluding hydrogens is 202 g/mol. The molecule has 1 fully saturated rings. The van der Waals surface area contributed by atoms with E-state index < -0.39 is 0 Å². The number of carbonyl (C=O) groups excluding carboxylic acids is 1. The van der Waals surface area contributed by atoms with Crippen LogP contribution in [0.25, 0.3) is 0 Å². The number of aromatic nitrogens is 2. The van der Waals surface area contributed by atoms with Crippen LogP contribution in [0.5, 0.6) is 0 Å². The van der Waals surface area contributed by atoms with Gasteiger partial charge in [-0.15, -0.1) is 0 Å². The summed E-state index contributed by atoms with van der Waals surface area (Å²) in [6.07, 6.45) is 9.43. The molecule has 1 aliphatic rings. The first kappa shape index (κ1) is 11.2. The Hall–Kier alpha value is -1.32. The highest BCUT2D eigenvalue weighted by Crippen LogP contribution is 2.40. The topological polar surface area (TPSA) is 57.8 Å². The van der Waals surface area contributed by atoms with Gasteiger partial charge in [-0.2, -0.15) is 5.10 Å². The summed E-state index contributed by atoms with van der Waals surface area (Å²) in [4.78, 5) is 11.7. The smallest absolute Gasteiger partial charge is 0.254 e. The Morgan fingerprint density at radius 2 is 2.31 bits per heavy atom. The van der Waals surface area contributed by atoms with Crippen LogP contribution in [-0.2, 0) is 0 Å². The minimum absolute atomic E-state index is 0.0199. The van der Waals surface area contributed by atoms with Crippen molar-refractivity contribution in [3.05, 3.63) is 18.0 Å². The standard InChI is InChI=1S/C12H19N3O/c1-2-12(5-3-4-6-12)9-13-11(16)10-7-14-15-8-10/h7-8H,2-6,9H2,1H3,(H,13,16)(H,14,15). The van der Waals surface area contributed by atoms with E-state index in [1.807, 2.05) is 0 Å². The zero-order chi connectivity index (χ0) is 11.4. The van der Waals surface area contributed by atoms with Crippen molar-refractivity contribution in [2.45, 2.75) is 39.0 Å². The number of hydrogen-bond acceptors (Lipinski definition) is 2. The highest BCUT2D eigenvalue weighted by atomic mass is 16.1. The molecule has 1 aromatic rings. The number of hydrogen-bond donors (Lipinski definition) is 2. The summed E-state index contributed by atoms with van der Waals surface area (Å²) in [7, 11) is 0. The zero-order valence-electron chi connectivity index (χ0n) is 9.75. The molecule has 1 saturated carbocycles. The molecule has 1 aliphatic carbocycles. The van der Waals surface area contributed by atoms with E-state index in [2.05, 4.69) is 22.4 Å². The van der Waals surface area contributed by atoms with Gasteiger partial charge in [0.15, 0.2) is 0 Å². The van der Waals surface area contributed by atoms with Crippen LogP contribution in [0.4, 0.5) is 0 Å². The number of nitrogens with zero attached hydrogens (tertiary/aromatic N) is 1. The molecule has 0 aromatic carbocycles. The molecule has 88 valence electrons. The molecule has 4 heteroatoms. The third-order valence-electron chi connectivity index (χ3n) is 3.80. The molecule has 1 amide bonds. The molecule has 2 rings (SSSR count). The van der Waals surface area contributed by atoms with Crippen LogP contribution >= 0.6 is 0 Å². The number of carbonyl (C=O) groups is 1. The van der Waals surface area contributed by atoms with Crippen molar-refractivity contribution < 1.29 is 4.79 Å². The number of amides is 1. The van der Waals surface area contributed by atoms with Crippen molar-refractivity contribution in [2.24, 2.45) is 5.41 Å². The van der Waals surface area contributed by atoms with Gasteiger partial charge in [-0.3, -0.25) is 9.89 Å². The molecule has 16 heavy (non-hydrogen) atoms. The summed E-state index contributed by atoms with van der Waals surface area (Å²) in [5.74, 6) is -0.0199. The fraction of sp³-hybridized carbons (Fsp3) is 0.667. The lowest BCUT2D eigenvalue weighted by atomic mass is 9.83. The Kier molecular flexibility index (Phi) is 3.27. The highest BCUT2D eigenvalue weighted by molar-refractivity contribution is 5.93. The van der Waals surface area contributed by atoms with Gasteiger partial charge in [0.05, 0.1) is 11.8 Å². The lowest BCUT2D eigenvalue weighted by molar-refractivity contribution is 0.0929. The predicted octanol–water partition coefficient (Wildman–Crippen LogP) is 2.11. The second-order valence-corrected chi connectivity index (χ2v) is 4.73. The van der Waals surface area contributed by atoms with Gasteiger partial charge in [0.1, 0.15) is 0 Å². The van der Waals surface area contributed by atoms with E-state index in [0.29, 0.717) is 11.0 Å². The summed E-state index contributed by atoms with van der Waals surface area (Å²) < 4.78 is 0. The first-order chi connectivity index (χ1) is 7.76. The maximum absolute atomic E-state index is 11.7. The number of rotatable bonds is 4. The van der Waals surface area contributed by atoms with Crippen molar-refractivity contribution in [2.75, 3.05) is 6.54 Å². The van der Waals surface area contributed by atoms with Crippen LogP contribution in [0.1, 0.15) is 49.4 Å². The van der Waals surface area contributed by atoms with E-state index in [4.69, 9.17) is 0 Å². The van der Waals surface area contributed by atoms with E-state index in [1.165, 1.54) is 25.7 Å². The third kappa shape index (κ3) is 2.26. The average Bonchev–Trinajstić information content (AvgIpc) is 2.98. The summed E-state index contributed by atoms with van der Waals surface area (Å²) >= 11 is 0. The van der Waals surface area contributed by atoms with E-state index in [9.17, 15) is 4.79 Å². The van der Waals surface area contributed by atoms with E-state index >= 15 is 0 Å². The Morgan fingerprint density at radius 1 is 1.56 bits per heavy atom. The minimum Gasteiger partial charge on any atom is -0.351 e. The predicted molar refractivity (Wildman–Crippen MR) is 62.1 cm³/mol. The molecule has 2 N–H and O–H groups in total. The first-order valence-electron chi connectivity index (χ1n) is 6.03. The molecule has 1 heterocycles. The average molecular weight is 221 g/mol. The van der Waals surface area contributed by atoms with Crippen LogP contribution in [-0.4, -0.2) is 22.6 Å². The Labute approximate surface area is 95.8 Å². The summed E-state index contributed by atoms with van der Waals surface area (Å²) in [5, 5.41) is 9.45. The Morgan fingerprint density at radius 3 is 2.88 bits per heavy atom. The molecule has 0 unspecified atom stereocenters. The monoisotopic (exact) mass is 221 g/mol. The maximum atomic E-state index is 11.7. The molecule has 0 atom stereocenters. The van der Waals surface area contributed by atoms with Gasteiger partial charge in [-0.25, -0.2) is 0 Å². The van der Waals surface area contributed by atoms with E-state index in [0.717, 1.165) is 13.0 Å². The SMILES string of the molecule is CCC1(CNC(=O)c2cn[nH]c2)CCCC1. The molecule has 0 bridgehead atoms. The van der Waals surface area contributed by atoms with Crippen LogP contribution in [0.2, 0.25) is 0 Å². The summed E-state index contributed by atoms with van der Waals surface area (Å²) in [6.45, 7) is 3.02. The number of H-pyrrole nitrogens is 1. The maximum Gasteiger partial charge on any atom is 0.254 e. The normalized spacial score (nSPS) is 18.6. The summed E-state index contributed by atoms with van der Waals surface area (Å²) in [5.41, 5.74) is 0.962.